The summed E-state index contributed by atoms with van der Waals surface area (Å²) in [4.78, 5) is 24.6. The quantitative estimate of drug-likeness (QED) is 0.483. The van der Waals surface area contributed by atoms with E-state index in [1.54, 1.807) is 0 Å². The van der Waals surface area contributed by atoms with E-state index < -0.39 is 35.7 Å². The van der Waals surface area contributed by atoms with Crippen molar-refractivity contribution in [3.05, 3.63) is 0 Å². The molecule has 0 saturated carbocycles. The van der Waals surface area contributed by atoms with Crippen molar-refractivity contribution in [2.24, 2.45) is 5.73 Å². The summed E-state index contributed by atoms with van der Waals surface area (Å²) in [7, 11) is 0. The van der Waals surface area contributed by atoms with E-state index in [0.717, 1.165) is 0 Å². The molecule has 0 spiro atoms. The Morgan fingerprint density at radius 3 is 2.88 bits per heavy atom. The van der Waals surface area contributed by atoms with E-state index in [4.69, 9.17) is 10.5 Å². The average Bonchev–Trinajstić information content (AvgIpc) is 2.22. The minimum absolute atomic E-state index is 0.391. The summed E-state index contributed by atoms with van der Waals surface area (Å²) in [5.41, 5.74) is 4.53. The van der Waals surface area contributed by atoms with Gasteiger partial charge in [0.2, 0.25) is 5.91 Å². The van der Waals surface area contributed by atoms with Gasteiger partial charge in [0.1, 0.15) is 12.2 Å². The maximum absolute atomic E-state index is 11.9. The number of carbonyl (C=O) groups excluding carboxylic acids is 2. The summed E-state index contributed by atoms with van der Waals surface area (Å²) < 4.78 is 5.56. The zero-order valence-corrected chi connectivity index (χ0v) is 9.84. The summed E-state index contributed by atoms with van der Waals surface area (Å²) in [5.74, 6) is -1.22. The van der Waals surface area contributed by atoms with Gasteiger partial charge in [-0.05, 0) is 13.8 Å². The Bertz CT molecular complexity index is 357. The van der Waals surface area contributed by atoms with Crippen molar-refractivity contribution in [2.75, 3.05) is 13.2 Å². The Morgan fingerprint density at radius 2 is 2.29 bits per heavy atom. The third kappa shape index (κ3) is 1.90. The number of amides is 2. The van der Waals surface area contributed by atoms with E-state index in [2.05, 4.69) is 5.32 Å². The number of rotatable bonds is 1. The van der Waals surface area contributed by atoms with Crippen molar-refractivity contribution in [1.29, 1.82) is 0 Å². The molecule has 2 amide bonds. The topological polar surface area (TPSA) is 105 Å². The van der Waals surface area contributed by atoms with Crippen molar-refractivity contribution in [3.63, 3.8) is 0 Å². The van der Waals surface area contributed by atoms with Gasteiger partial charge >= 0.3 is 0 Å². The lowest BCUT2D eigenvalue weighted by molar-refractivity contribution is -0.187. The highest BCUT2D eigenvalue weighted by atomic mass is 16.5. The maximum atomic E-state index is 11.9. The standard InChI is InChI=1S/C10H17N3O4/c1-10(2)9-12-5(7(11)15)6(14)8(16)13(9)3-4-17-10/h5-6,9,12,14H,3-4H2,1-2H3,(H2,11,15). The van der Waals surface area contributed by atoms with Crippen LogP contribution in [0.1, 0.15) is 13.8 Å². The predicted octanol–water partition coefficient (Wildman–Crippen LogP) is -2.23. The first kappa shape index (κ1) is 12.3. The van der Waals surface area contributed by atoms with Crippen molar-refractivity contribution in [3.8, 4) is 0 Å². The van der Waals surface area contributed by atoms with Crippen LogP contribution in [0.3, 0.4) is 0 Å². The van der Waals surface area contributed by atoms with Crippen molar-refractivity contribution in [2.45, 2.75) is 37.8 Å². The second kappa shape index (κ2) is 3.94. The molecule has 2 aliphatic heterocycles. The van der Waals surface area contributed by atoms with Crippen LogP contribution in [0.2, 0.25) is 0 Å². The third-order valence-electron chi connectivity index (χ3n) is 3.27. The number of nitrogens with one attached hydrogen (secondary N) is 1. The molecule has 17 heavy (non-hydrogen) atoms. The second-order valence-electron chi connectivity index (χ2n) is 4.88. The molecular weight excluding hydrogens is 226 g/mol. The summed E-state index contributed by atoms with van der Waals surface area (Å²) in [5, 5.41) is 12.6. The third-order valence-corrected chi connectivity index (χ3v) is 3.27. The van der Waals surface area contributed by atoms with Crippen LogP contribution in [-0.4, -0.2) is 58.9 Å². The van der Waals surface area contributed by atoms with Crippen LogP contribution in [0.4, 0.5) is 0 Å². The minimum atomic E-state index is -1.42. The highest BCUT2D eigenvalue weighted by Crippen LogP contribution is 2.27. The normalized spacial score (nSPS) is 36.5. The zero-order chi connectivity index (χ0) is 12.8. The molecule has 0 aliphatic carbocycles. The van der Waals surface area contributed by atoms with Crippen LogP contribution >= 0.6 is 0 Å². The average molecular weight is 243 g/mol. The number of aliphatic hydroxyl groups excluding tert-OH is 1. The molecule has 0 radical (unpaired) electrons. The number of fused-ring (bicyclic) bond motifs is 1. The fraction of sp³-hybridized carbons (Fsp3) is 0.800. The van der Waals surface area contributed by atoms with Gasteiger partial charge in [-0.15, -0.1) is 0 Å². The Hall–Kier alpha value is -1.18. The van der Waals surface area contributed by atoms with E-state index in [9.17, 15) is 14.7 Å². The van der Waals surface area contributed by atoms with Crippen LogP contribution in [0.5, 0.6) is 0 Å². The summed E-state index contributed by atoms with van der Waals surface area (Å²) >= 11 is 0. The SMILES string of the molecule is CC1(C)OCCN2C(=O)C(O)C(C(N)=O)NC21. The van der Waals surface area contributed by atoms with E-state index >= 15 is 0 Å². The summed E-state index contributed by atoms with van der Waals surface area (Å²) in [6, 6.07) is -1.07. The second-order valence-corrected chi connectivity index (χ2v) is 4.88. The van der Waals surface area contributed by atoms with Crippen LogP contribution in [0, 0.1) is 0 Å². The number of hydrogen-bond acceptors (Lipinski definition) is 5. The number of nitrogens with zero attached hydrogens (tertiary/aromatic N) is 1. The van der Waals surface area contributed by atoms with Crippen LogP contribution in [-0.2, 0) is 14.3 Å². The molecule has 2 saturated heterocycles. The molecule has 3 atom stereocenters. The zero-order valence-electron chi connectivity index (χ0n) is 9.84. The van der Waals surface area contributed by atoms with Crippen LogP contribution in [0.25, 0.3) is 0 Å². The number of morpholine rings is 1. The fourth-order valence-electron chi connectivity index (χ4n) is 2.33. The largest absolute Gasteiger partial charge is 0.381 e. The van der Waals surface area contributed by atoms with Gasteiger partial charge < -0.3 is 20.5 Å². The first-order valence-corrected chi connectivity index (χ1v) is 5.52. The van der Waals surface area contributed by atoms with E-state index in [1.807, 2.05) is 13.8 Å². The van der Waals surface area contributed by atoms with Crippen molar-refractivity contribution < 1.29 is 19.4 Å². The van der Waals surface area contributed by atoms with Crippen LogP contribution in [0.15, 0.2) is 0 Å². The molecule has 0 bridgehead atoms. The molecule has 0 aromatic heterocycles. The smallest absolute Gasteiger partial charge is 0.255 e. The molecule has 2 rings (SSSR count). The van der Waals surface area contributed by atoms with Gasteiger partial charge in [-0.2, -0.15) is 0 Å². The minimum Gasteiger partial charge on any atom is -0.381 e. The van der Waals surface area contributed by atoms with Gasteiger partial charge in [-0.25, -0.2) is 0 Å². The molecule has 7 heteroatoms. The maximum Gasteiger partial charge on any atom is 0.255 e. The van der Waals surface area contributed by atoms with Gasteiger partial charge in [0.05, 0.1) is 12.2 Å². The van der Waals surface area contributed by atoms with Gasteiger partial charge in [0.15, 0.2) is 6.10 Å². The lowest BCUT2D eigenvalue weighted by Crippen LogP contribution is -2.75. The number of ether oxygens (including phenoxy) is 1. The molecule has 0 aromatic carbocycles. The first-order chi connectivity index (χ1) is 7.84. The van der Waals surface area contributed by atoms with Gasteiger partial charge in [-0.1, -0.05) is 0 Å². The van der Waals surface area contributed by atoms with Gasteiger partial charge in [0, 0.05) is 6.54 Å². The summed E-state index contributed by atoms with van der Waals surface area (Å²) in [6.45, 7) is 4.44. The number of carbonyl (C=O) groups is 2. The molecule has 7 nitrogen and oxygen atoms in total. The predicted molar refractivity (Wildman–Crippen MR) is 57.7 cm³/mol. The lowest BCUT2D eigenvalue weighted by atomic mass is 9.95. The number of aliphatic hydroxyl groups is 1. The Morgan fingerprint density at radius 1 is 1.65 bits per heavy atom. The van der Waals surface area contributed by atoms with Gasteiger partial charge in [-0.3, -0.25) is 14.9 Å². The number of nitrogens with two attached hydrogens (primary N) is 1. The van der Waals surface area contributed by atoms with E-state index in [0.29, 0.717) is 13.2 Å². The van der Waals surface area contributed by atoms with E-state index in [-0.39, 0.29) is 0 Å². The van der Waals surface area contributed by atoms with Crippen LogP contribution < -0.4 is 11.1 Å². The monoisotopic (exact) mass is 243 g/mol. The highest BCUT2D eigenvalue weighted by Gasteiger charge is 2.50. The summed E-state index contributed by atoms with van der Waals surface area (Å²) in [6.07, 6.45) is -1.87. The molecule has 96 valence electrons. The lowest BCUT2D eigenvalue weighted by Gasteiger charge is -2.51. The first-order valence-electron chi connectivity index (χ1n) is 5.52. The number of primary amides is 1. The van der Waals surface area contributed by atoms with Crippen molar-refractivity contribution >= 4 is 11.8 Å². The Balaban J connectivity index is 2.29. The van der Waals surface area contributed by atoms with Gasteiger partial charge in [0.25, 0.3) is 5.91 Å². The molecule has 0 aromatic rings. The highest BCUT2D eigenvalue weighted by molar-refractivity contribution is 5.92. The molecule has 2 fully saturated rings. The van der Waals surface area contributed by atoms with E-state index in [1.165, 1.54) is 4.90 Å². The number of hydrogen-bond donors (Lipinski definition) is 3. The van der Waals surface area contributed by atoms with Crippen molar-refractivity contribution in [1.82, 2.24) is 10.2 Å². The fourth-order valence-corrected chi connectivity index (χ4v) is 2.33. The molecule has 2 heterocycles. The molecular formula is C10H17N3O4. The molecule has 4 N–H and O–H groups in total. The molecule has 2 aliphatic rings. The Labute approximate surface area is 98.9 Å². The molecule has 3 unspecified atom stereocenters. The Kier molecular flexibility index (Phi) is 2.84.